The number of hydrogen-bond acceptors (Lipinski definition) is 7. The molecule has 1 saturated heterocycles. The van der Waals surface area contributed by atoms with Crippen LogP contribution in [0.15, 0.2) is 6.07 Å². The second-order valence-corrected chi connectivity index (χ2v) is 6.04. The molecule has 1 atom stereocenters. The van der Waals surface area contributed by atoms with E-state index in [-0.39, 0.29) is 19.8 Å². The van der Waals surface area contributed by atoms with Crippen molar-refractivity contribution < 1.29 is 33.3 Å². The summed E-state index contributed by atoms with van der Waals surface area (Å²) in [5, 5.41) is 2.63. The number of amides is 3. The molecule has 0 radical (unpaired) electrons. The molecule has 148 valence electrons. The molecular weight excluding hydrogens is 356 g/mol. The van der Waals surface area contributed by atoms with Gasteiger partial charge in [0.15, 0.2) is 18.3 Å². The first-order valence-corrected chi connectivity index (χ1v) is 8.31. The van der Waals surface area contributed by atoms with Gasteiger partial charge < -0.3 is 24.3 Å². The smallest absolute Gasteiger partial charge is 0.252 e. The predicted octanol–water partition coefficient (Wildman–Crippen LogP) is 0.411. The molecule has 1 fully saturated rings. The summed E-state index contributed by atoms with van der Waals surface area (Å²) < 4.78 is 21.4. The fourth-order valence-corrected chi connectivity index (χ4v) is 3.03. The van der Waals surface area contributed by atoms with Gasteiger partial charge in [0, 0.05) is 31.6 Å². The summed E-state index contributed by atoms with van der Waals surface area (Å²) in [5.74, 6) is 0.0961. The standard InChI is InChI=1S/C18H24N2O7/c1-10-16(27-9-24-3)12(7-14(25-4)17(10)26-5)6-13-18(23)20(11(2)21)8-15(22)19-13/h7,13H,6,8-9H2,1-5H3,(H,19,22). The molecule has 0 saturated carbocycles. The maximum atomic E-state index is 12.6. The minimum absolute atomic E-state index is 0.00609. The number of carbonyl (C=O) groups excluding carboxylic acids is 3. The van der Waals surface area contributed by atoms with Crippen molar-refractivity contribution in [3.8, 4) is 17.2 Å². The minimum atomic E-state index is -0.891. The van der Waals surface area contributed by atoms with Crippen LogP contribution in [0.25, 0.3) is 0 Å². The summed E-state index contributed by atoms with van der Waals surface area (Å²) in [6, 6.07) is 0.792. The van der Waals surface area contributed by atoms with Gasteiger partial charge in [-0.15, -0.1) is 0 Å². The number of nitrogens with one attached hydrogen (secondary N) is 1. The first-order valence-electron chi connectivity index (χ1n) is 8.31. The van der Waals surface area contributed by atoms with Gasteiger partial charge in [-0.05, 0) is 13.0 Å². The topological polar surface area (TPSA) is 103 Å². The number of methoxy groups -OCH3 is 3. The van der Waals surface area contributed by atoms with Crippen LogP contribution in [0.2, 0.25) is 0 Å². The molecule has 2 rings (SSSR count). The Labute approximate surface area is 157 Å². The number of imide groups is 1. The predicted molar refractivity (Wildman–Crippen MR) is 94.8 cm³/mol. The number of carbonyl (C=O) groups is 3. The van der Waals surface area contributed by atoms with Gasteiger partial charge in [0.1, 0.15) is 18.3 Å². The third-order valence-corrected chi connectivity index (χ3v) is 4.25. The molecule has 1 aromatic carbocycles. The number of piperazine rings is 1. The van der Waals surface area contributed by atoms with Gasteiger partial charge in [-0.2, -0.15) is 0 Å². The van der Waals surface area contributed by atoms with Crippen LogP contribution in [-0.2, 0) is 25.5 Å². The summed E-state index contributed by atoms with van der Waals surface area (Å²) in [5.41, 5.74) is 1.29. The van der Waals surface area contributed by atoms with Crippen LogP contribution in [0.5, 0.6) is 17.2 Å². The maximum absolute atomic E-state index is 12.6. The highest BCUT2D eigenvalue weighted by Crippen LogP contribution is 2.40. The largest absolute Gasteiger partial charge is 0.493 e. The number of benzene rings is 1. The Bertz CT molecular complexity index is 748. The van der Waals surface area contributed by atoms with E-state index in [2.05, 4.69) is 5.32 Å². The normalized spacial score (nSPS) is 16.8. The molecule has 0 aromatic heterocycles. The average Bonchev–Trinajstić information content (AvgIpc) is 2.63. The van der Waals surface area contributed by atoms with Crippen LogP contribution in [-0.4, -0.2) is 63.3 Å². The van der Waals surface area contributed by atoms with Crippen LogP contribution in [0.1, 0.15) is 18.1 Å². The SMILES string of the molecule is COCOc1c(CC2NC(=O)CN(C(C)=O)C2=O)cc(OC)c(OC)c1C. The Hall–Kier alpha value is -2.81. The first kappa shape index (κ1) is 20.5. The molecule has 1 aliphatic rings. The third-order valence-electron chi connectivity index (χ3n) is 4.25. The maximum Gasteiger partial charge on any atom is 0.252 e. The molecule has 1 aliphatic heterocycles. The Morgan fingerprint density at radius 1 is 1.22 bits per heavy atom. The molecule has 0 aliphatic carbocycles. The first-order chi connectivity index (χ1) is 12.8. The Balaban J connectivity index is 2.43. The van der Waals surface area contributed by atoms with Crippen molar-refractivity contribution in [1.82, 2.24) is 10.2 Å². The number of nitrogens with zero attached hydrogens (tertiary/aromatic N) is 1. The molecule has 9 nitrogen and oxygen atoms in total. The summed E-state index contributed by atoms with van der Waals surface area (Å²) in [6.07, 6.45) is 0.120. The molecule has 3 amide bonds. The molecule has 27 heavy (non-hydrogen) atoms. The summed E-state index contributed by atoms with van der Waals surface area (Å²) in [4.78, 5) is 37.1. The van der Waals surface area contributed by atoms with Gasteiger partial charge in [-0.3, -0.25) is 19.3 Å². The zero-order chi connectivity index (χ0) is 20.1. The van der Waals surface area contributed by atoms with E-state index in [0.29, 0.717) is 28.4 Å². The van der Waals surface area contributed by atoms with Gasteiger partial charge in [-0.1, -0.05) is 0 Å². The van der Waals surface area contributed by atoms with Gasteiger partial charge >= 0.3 is 0 Å². The van der Waals surface area contributed by atoms with Gasteiger partial charge in [0.05, 0.1) is 14.2 Å². The van der Waals surface area contributed by atoms with E-state index in [1.165, 1.54) is 28.3 Å². The molecule has 0 bridgehead atoms. The van der Waals surface area contributed by atoms with E-state index in [1.807, 2.05) is 0 Å². The van der Waals surface area contributed by atoms with E-state index in [4.69, 9.17) is 18.9 Å². The van der Waals surface area contributed by atoms with Gasteiger partial charge in [0.2, 0.25) is 11.8 Å². The third kappa shape index (κ3) is 4.30. The lowest BCUT2D eigenvalue weighted by Crippen LogP contribution is -2.59. The Kier molecular flexibility index (Phi) is 6.62. The van der Waals surface area contributed by atoms with E-state index in [0.717, 1.165) is 4.90 Å². The fourth-order valence-electron chi connectivity index (χ4n) is 3.03. The van der Waals surface area contributed by atoms with Crippen molar-refractivity contribution in [1.29, 1.82) is 0 Å². The molecule has 9 heteroatoms. The van der Waals surface area contributed by atoms with Crippen molar-refractivity contribution in [2.75, 3.05) is 34.7 Å². The molecule has 1 N–H and O–H groups in total. The van der Waals surface area contributed by atoms with Gasteiger partial charge in [0.25, 0.3) is 5.91 Å². The van der Waals surface area contributed by atoms with Crippen LogP contribution < -0.4 is 19.5 Å². The molecule has 1 aromatic rings. The molecular formula is C18H24N2O7. The lowest BCUT2D eigenvalue weighted by molar-refractivity contribution is -0.152. The highest BCUT2D eigenvalue weighted by Gasteiger charge is 2.35. The number of hydrogen-bond donors (Lipinski definition) is 1. The van der Waals surface area contributed by atoms with Crippen molar-refractivity contribution in [2.45, 2.75) is 26.3 Å². The van der Waals surface area contributed by atoms with Crippen LogP contribution in [0.4, 0.5) is 0 Å². The fraction of sp³-hybridized carbons (Fsp3) is 0.500. The van der Waals surface area contributed by atoms with Crippen molar-refractivity contribution >= 4 is 17.7 Å². The monoisotopic (exact) mass is 380 g/mol. The molecule has 1 heterocycles. The molecule has 0 spiro atoms. The second-order valence-electron chi connectivity index (χ2n) is 6.04. The zero-order valence-electron chi connectivity index (χ0n) is 16.1. The number of rotatable bonds is 7. The minimum Gasteiger partial charge on any atom is -0.493 e. The van der Waals surface area contributed by atoms with Crippen LogP contribution in [0.3, 0.4) is 0 Å². The van der Waals surface area contributed by atoms with E-state index >= 15 is 0 Å². The van der Waals surface area contributed by atoms with E-state index in [1.54, 1.807) is 13.0 Å². The van der Waals surface area contributed by atoms with Crippen molar-refractivity contribution in [2.24, 2.45) is 0 Å². The van der Waals surface area contributed by atoms with Crippen molar-refractivity contribution in [3.63, 3.8) is 0 Å². The van der Waals surface area contributed by atoms with E-state index < -0.39 is 23.8 Å². The van der Waals surface area contributed by atoms with Gasteiger partial charge in [-0.25, -0.2) is 0 Å². The Morgan fingerprint density at radius 2 is 1.93 bits per heavy atom. The second kappa shape index (κ2) is 8.72. The van der Waals surface area contributed by atoms with E-state index in [9.17, 15) is 14.4 Å². The molecule has 1 unspecified atom stereocenters. The summed E-state index contributed by atoms with van der Waals surface area (Å²) in [6.45, 7) is 2.76. The van der Waals surface area contributed by atoms with Crippen LogP contribution in [0, 0.1) is 6.92 Å². The quantitative estimate of drug-likeness (QED) is 0.684. The number of ether oxygens (including phenoxy) is 4. The average molecular weight is 380 g/mol. The Morgan fingerprint density at radius 3 is 2.48 bits per heavy atom. The van der Waals surface area contributed by atoms with Crippen molar-refractivity contribution in [3.05, 3.63) is 17.2 Å². The lowest BCUT2D eigenvalue weighted by atomic mass is 9.98. The van der Waals surface area contributed by atoms with Crippen LogP contribution >= 0.6 is 0 Å². The lowest BCUT2D eigenvalue weighted by Gasteiger charge is -2.31. The summed E-state index contributed by atoms with van der Waals surface area (Å²) in [7, 11) is 4.51. The summed E-state index contributed by atoms with van der Waals surface area (Å²) >= 11 is 0. The highest BCUT2D eigenvalue weighted by atomic mass is 16.7. The highest BCUT2D eigenvalue weighted by molar-refractivity contribution is 6.04. The zero-order valence-corrected chi connectivity index (χ0v) is 16.1.